The number of imide groups is 6. The molecule has 2 unspecified atom stereocenters. The fourth-order valence-electron chi connectivity index (χ4n) is 5.28. The van der Waals surface area contributed by atoms with Gasteiger partial charge in [0.05, 0.1) is 29.4 Å². The lowest BCUT2D eigenvalue weighted by Crippen LogP contribution is -2.51. The van der Waals surface area contributed by atoms with Crippen molar-refractivity contribution in [3.05, 3.63) is 44.8 Å². The smallest absolute Gasteiger partial charge is 0.424 e. The van der Waals surface area contributed by atoms with Crippen LogP contribution in [0.25, 0.3) is 0 Å². The fourth-order valence-corrected chi connectivity index (χ4v) is 7.59. The second kappa shape index (κ2) is 20.5. The molecule has 2 aromatic heterocycles. The first-order valence-corrected chi connectivity index (χ1v) is 27.7. The van der Waals surface area contributed by atoms with Crippen LogP contribution in [0.2, 0.25) is 36.3 Å². The van der Waals surface area contributed by atoms with Crippen LogP contribution in [0.15, 0.2) is 22.0 Å². The van der Waals surface area contributed by atoms with Gasteiger partial charge in [-0.1, -0.05) is 57.5 Å². The largest absolute Gasteiger partial charge is 0.443 e. The number of carbonyl (C=O) groups excluding carboxylic acids is 6. The molecule has 2 aliphatic rings. The van der Waals surface area contributed by atoms with E-state index in [1.54, 1.807) is 72.6 Å². The van der Waals surface area contributed by atoms with Gasteiger partial charge in [-0.15, -0.1) is 0 Å². The van der Waals surface area contributed by atoms with Gasteiger partial charge in [-0.25, -0.2) is 19.2 Å². The van der Waals surface area contributed by atoms with Crippen LogP contribution in [0.3, 0.4) is 0 Å². The Kier molecular flexibility index (Phi) is 18.0. The van der Waals surface area contributed by atoms with Crippen molar-refractivity contribution in [2.75, 3.05) is 0 Å². The molecule has 0 aromatic carbocycles. The predicted octanol–water partition coefficient (Wildman–Crippen LogP) is 7.40. The molecule has 18 nitrogen and oxygen atoms in total. The zero-order chi connectivity index (χ0) is 49.0. The van der Waals surface area contributed by atoms with E-state index in [-0.39, 0.29) is 41.6 Å². The molecular weight excluding hydrogens is 917 g/mol. The average molecular weight is 988 g/mol. The molecule has 2 atom stereocenters. The molecule has 2 fully saturated rings. The molecule has 2 saturated heterocycles. The van der Waals surface area contributed by atoms with Gasteiger partial charge >= 0.3 is 23.6 Å². The van der Waals surface area contributed by atoms with E-state index in [1.807, 2.05) is 0 Å². The first-order valence-electron chi connectivity index (χ1n) is 20.9. The zero-order valence-electron chi connectivity index (χ0n) is 40.6. The number of piperidine rings is 2. The number of H-pyrrole nitrogens is 1. The van der Waals surface area contributed by atoms with E-state index in [4.69, 9.17) is 18.3 Å². The molecule has 356 valence electrons. The highest BCUT2D eigenvalue weighted by molar-refractivity contribution is 9.10. The standard InChI is InChI=1S/C21H35N3O6Si.C11H22N2O2Si.C10H14BrNO4/c1-20(2,3)30-19(28)24-16(25)11-10-15(17(24)26)23-12-14(22(7)18(23)27)13-29-31(8,9)21(4,5)6;1-11(2,3)16(5,6)15-8-9-7-12-10(14)13(9)4;1-10(2,3)16-9(15)12-7(13)5-4-6(11)8(12)14/h12,15H,10-11,13H2,1-9H3;7H,8H2,1-6H3,(H,12,14);6H,4-5H2,1-3H3. The molecule has 1 N–H and O–H groups in total. The van der Waals surface area contributed by atoms with Gasteiger partial charge in [0.1, 0.15) is 17.2 Å². The van der Waals surface area contributed by atoms with Gasteiger partial charge in [-0.2, -0.15) is 9.80 Å². The first kappa shape index (κ1) is 55.2. The van der Waals surface area contributed by atoms with Crippen molar-refractivity contribution < 1.29 is 47.1 Å². The lowest BCUT2D eigenvalue weighted by molar-refractivity contribution is -0.150. The molecule has 0 aliphatic carbocycles. The van der Waals surface area contributed by atoms with Crippen molar-refractivity contribution >= 4 is 68.4 Å². The minimum Gasteiger partial charge on any atom is -0.443 e. The monoisotopic (exact) mass is 986 g/mol. The number of halogens is 1. The Hall–Kier alpha value is -3.93. The van der Waals surface area contributed by atoms with Gasteiger partial charge in [0.15, 0.2) is 16.6 Å². The molecule has 0 radical (unpaired) electrons. The third-order valence-electron chi connectivity index (χ3n) is 11.3. The number of aromatic amines is 1. The Morgan fingerprint density at radius 3 is 1.48 bits per heavy atom. The molecule has 4 rings (SSSR count). The molecule has 4 heterocycles. The topological polar surface area (TPSA) is 211 Å². The predicted molar refractivity (Wildman–Crippen MR) is 246 cm³/mol. The Bertz CT molecular complexity index is 2130. The van der Waals surface area contributed by atoms with Crippen LogP contribution >= 0.6 is 15.9 Å². The molecule has 0 bridgehead atoms. The number of hydrogen-bond donors (Lipinski definition) is 1. The number of amides is 6. The number of carbonyl (C=O) groups is 6. The number of nitrogens with zero attached hydrogens (tertiary/aromatic N) is 5. The summed E-state index contributed by atoms with van der Waals surface area (Å²) < 4.78 is 26.8. The van der Waals surface area contributed by atoms with Crippen molar-refractivity contribution in [3.8, 4) is 0 Å². The number of ether oxygens (including phenoxy) is 2. The Labute approximate surface area is 381 Å². The van der Waals surface area contributed by atoms with E-state index in [9.17, 15) is 38.4 Å². The van der Waals surface area contributed by atoms with E-state index >= 15 is 0 Å². The zero-order valence-corrected chi connectivity index (χ0v) is 44.2. The highest BCUT2D eigenvalue weighted by atomic mass is 79.9. The summed E-state index contributed by atoms with van der Waals surface area (Å²) in [7, 11) is -0.395. The first-order chi connectivity index (χ1) is 28.3. The van der Waals surface area contributed by atoms with Crippen LogP contribution in [-0.4, -0.2) is 97.0 Å². The third-order valence-corrected chi connectivity index (χ3v) is 21.1. The lowest BCUT2D eigenvalue weighted by atomic mass is 10.0. The normalized spacial score (nSPS) is 18.1. The molecule has 21 heteroatoms. The minimum absolute atomic E-state index is 0.0159. The summed E-state index contributed by atoms with van der Waals surface area (Å²) in [4.78, 5) is 99.7. The SMILES string of the molecule is CC(C)(C)OC(=O)N1C(=O)CCC(Br)C1=O.Cn1c(CO[Si](C)(C)C(C)(C)C)c[nH]c1=O.Cn1c(CO[Si](C)(C)C(C)(C)C)cn(C2CCC(=O)N(C(=O)OC(C)(C)C)C2=O)c1=O. The van der Waals surface area contributed by atoms with Gasteiger partial charge in [0, 0.05) is 39.3 Å². The number of alkyl halides is 1. The van der Waals surface area contributed by atoms with Gasteiger partial charge in [0.2, 0.25) is 11.8 Å². The summed E-state index contributed by atoms with van der Waals surface area (Å²) in [5.41, 5.74) is -0.544. The molecule has 0 saturated carbocycles. The van der Waals surface area contributed by atoms with Crippen molar-refractivity contribution in [2.24, 2.45) is 14.1 Å². The summed E-state index contributed by atoms with van der Waals surface area (Å²) >= 11 is 3.12. The second-order valence-electron chi connectivity index (χ2n) is 20.8. The van der Waals surface area contributed by atoms with Crippen molar-refractivity contribution in [1.82, 2.24) is 28.5 Å². The number of hydrogen-bond acceptors (Lipinski definition) is 12. The summed E-state index contributed by atoms with van der Waals surface area (Å²) in [6.07, 6.45) is 2.08. The molecule has 63 heavy (non-hydrogen) atoms. The van der Waals surface area contributed by atoms with Gasteiger partial charge in [-0.3, -0.25) is 32.9 Å². The fraction of sp³-hybridized carbons (Fsp3) is 0.714. The maximum atomic E-state index is 13.0. The Morgan fingerprint density at radius 1 is 0.667 bits per heavy atom. The summed E-state index contributed by atoms with van der Waals surface area (Å²) in [6, 6.07) is -0.953. The maximum Gasteiger partial charge on any atom is 0.424 e. The van der Waals surface area contributed by atoms with Gasteiger partial charge in [-0.05, 0) is 90.6 Å². The lowest BCUT2D eigenvalue weighted by Gasteiger charge is -2.36. The molecular formula is C42H71BrN6O12Si2. The molecule has 2 aromatic rings. The summed E-state index contributed by atoms with van der Waals surface area (Å²) in [5, 5.41) is 0.213. The Morgan fingerprint density at radius 2 is 1.08 bits per heavy atom. The van der Waals surface area contributed by atoms with Gasteiger partial charge in [0.25, 0.3) is 11.8 Å². The van der Waals surface area contributed by atoms with Crippen LogP contribution in [0.4, 0.5) is 9.59 Å². The van der Waals surface area contributed by atoms with Crippen LogP contribution in [-0.2, 0) is 64.8 Å². The highest BCUT2D eigenvalue weighted by Gasteiger charge is 2.43. The summed E-state index contributed by atoms with van der Waals surface area (Å²) in [6.45, 7) is 32.4. The number of nitrogens with one attached hydrogen (secondary N) is 1. The number of rotatable bonds is 7. The van der Waals surface area contributed by atoms with E-state index in [1.165, 1.54) is 9.13 Å². The quantitative estimate of drug-likeness (QED) is 0.163. The number of imidazole rings is 2. The second-order valence-corrected chi connectivity index (χ2v) is 31.5. The van der Waals surface area contributed by atoms with Crippen LogP contribution in [0.1, 0.15) is 126 Å². The third kappa shape index (κ3) is 14.8. The van der Waals surface area contributed by atoms with E-state index < -0.39 is 80.2 Å². The van der Waals surface area contributed by atoms with Crippen molar-refractivity contribution in [1.29, 1.82) is 0 Å². The van der Waals surface area contributed by atoms with Crippen LogP contribution in [0.5, 0.6) is 0 Å². The number of likely N-dealkylation sites (tertiary alicyclic amines) is 2. The van der Waals surface area contributed by atoms with Gasteiger partial charge < -0.3 is 23.3 Å². The van der Waals surface area contributed by atoms with E-state index in [0.29, 0.717) is 28.5 Å². The van der Waals surface area contributed by atoms with Crippen LogP contribution in [0, 0.1) is 0 Å². The average Bonchev–Trinajstić information content (AvgIpc) is 3.58. The Balaban J connectivity index is 0.000000359. The van der Waals surface area contributed by atoms with E-state index in [2.05, 4.69) is 88.6 Å². The van der Waals surface area contributed by atoms with Crippen LogP contribution < -0.4 is 11.4 Å². The summed E-state index contributed by atoms with van der Waals surface area (Å²) in [5.74, 6) is -2.43. The van der Waals surface area contributed by atoms with E-state index in [0.717, 1.165) is 5.69 Å². The van der Waals surface area contributed by atoms with Crippen molar-refractivity contribution in [3.63, 3.8) is 0 Å². The molecule has 0 spiro atoms. The molecule has 6 amide bonds. The highest BCUT2D eigenvalue weighted by Crippen LogP contribution is 2.38. The maximum absolute atomic E-state index is 13.0. The minimum atomic E-state index is -2.04. The molecule has 2 aliphatic heterocycles. The number of aromatic nitrogens is 4. The van der Waals surface area contributed by atoms with Crippen molar-refractivity contribution in [2.45, 2.75) is 180 Å².